The molecule has 3 rings (SSSR count). The van der Waals surface area contributed by atoms with E-state index in [4.69, 9.17) is 4.74 Å². The molecule has 1 aromatic heterocycles. The molecular weight excluding hydrogens is 497 g/mol. The predicted molar refractivity (Wildman–Crippen MR) is 144 cm³/mol. The average molecular weight is 533 g/mol. The number of nitrogens with one attached hydrogen (secondary N) is 3. The molecular formula is C24H35Cl2N3O4S. The number of fused-ring (bicyclic) bond motifs is 1. The van der Waals surface area contributed by atoms with Crippen molar-refractivity contribution in [3.63, 3.8) is 0 Å². The molecule has 5 N–H and O–H groups in total. The summed E-state index contributed by atoms with van der Waals surface area (Å²) in [5, 5.41) is 27.2. The molecule has 0 aliphatic rings. The van der Waals surface area contributed by atoms with E-state index in [2.05, 4.69) is 39.9 Å². The second kappa shape index (κ2) is 15.4. The highest BCUT2D eigenvalue weighted by atomic mass is 35.5. The molecule has 10 heteroatoms. The fourth-order valence-electron chi connectivity index (χ4n) is 3.53. The molecule has 0 bridgehead atoms. The fraction of sp³-hybridized carbons (Fsp3) is 0.458. The second-order valence-electron chi connectivity index (χ2n) is 8.13. The van der Waals surface area contributed by atoms with Gasteiger partial charge in [-0.05, 0) is 57.0 Å². The van der Waals surface area contributed by atoms with Crippen LogP contribution in [0.1, 0.15) is 43.1 Å². The van der Waals surface area contributed by atoms with E-state index in [1.807, 2.05) is 13.8 Å². The van der Waals surface area contributed by atoms with Crippen molar-refractivity contribution in [2.24, 2.45) is 0 Å². The first-order valence-electron chi connectivity index (χ1n) is 11.1. The van der Waals surface area contributed by atoms with Gasteiger partial charge in [0.1, 0.15) is 11.3 Å². The van der Waals surface area contributed by atoms with Crippen LogP contribution >= 0.6 is 36.2 Å². The maximum atomic E-state index is 11.6. The van der Waals surface area contributed by atoms with Crippen molar-refractivity contribution in [3.8, 4) is 5.75 Å². The number of phenols is 1. The zero-order chi connectivity index (χ0) is 22.9. The van der Waals surface area contributed by atoms with Gasteiger partial charge < -0.3 is 30.6 Å². The Labute approximate surface area is 216 Å². The number of aliphatic hydroxyl groups is 1. The summed E-state index contributed by atoms with van der Waals surface area (Å²) >= 11 is 0.999. The summed E-state index contributed by atoms with van der Waals surface area (Å²) in [6, 6.07) is 11.7. The number of aromatic nitrogens is 1. The maximum absolute atomic E-state index is 11.6. The second-order valence-corrected chi connectivity index (χ2v) is 9.12. The molecule has 34 heavy (non-hydrogen) atoms. The molecule has 0 spiro atoms. The Morgan fingerprint density at radius 1 is 1.09 bits per heavy atom. The van der Waals surface area contributed by atoms with Crippen LogP contribution < -0.4 is 15.5 Å². The first-order valence-corrected chi connectivity index (χ1v) is 11.9. The molecule has 190 valence electrons. The van der Waals surface area contributed by atoms with Crippen LogP contribution in [-0.2, 0) is 17.7 Å². The zero-order valence-electron chi connectivity index (χ0n) is 19.5. The number of aromatic hydroxyl groups is 1. The van der Waals surface area contributed by atoms with Crippen LogP contribution in [0.5, 0.6) is 5.75 Å². The van der Waals surface area contributed by atoms with Crippen LogP contribution in [0.4, 0.5) is 0 Å². The topological polar surface area (TPSA) is 107 Å². The number of benzene rings is 2. The van der Waals surface area contributed by atoms with Crippen molar-refractivity contribution in [2.45, 2.75) is 45.4 Å². The van der Waals surface area contributed by atoms with E-state index in [0.717, 1.165) is 50.4 Å². The summed E-state index contributed by atoms with van der Waals surface area (Å²) in [5.41, 5.74) is 3.52. The van der Waals surface area contributed by atoms with Gasteiger partial charge in [-0.3, -0.25) is 4.79 Å². The fourth-order valence-corrected chi connectivity index (χ4v) is 4.45. The number of H-pyrrole nitrogens is 1. The lowest BCUT2D eigenvalue weighted by molar-refractivity contribution is 0.0770. The highest BCUT2D eigenvalue weighted by Gasteiger charge is 2.15. The first kappa shape index (κ1) is 30.4. The van der Waals surface area contributed by atoms with Crippen molar-refractivity contribution in [3.05, 3.63) is 62.8 Å². The highest BCUT2D eigenvalue weighted by Crippen LogP contribution is 2.31. The van der Waals surface area contributed by atoms with E-state index >= 15 is 0 Å². The summed E-state index contributed by atoms with van der Waals surface area (Å²) < 4.78 is 6.15. The number of halogens is 2. The standard InChI is InChI=1S/C24H33N3O4S.2ClH/c1-16(2)31-12-4-10-25-14-18-6-3-5-17(13-18)9-11-26-15-21(29)19-7-8-20(28)22-23(19)32-24(30)27-22;;/h3,5-8,13,16,21,25-26,28-29H,4,9-12,14-15H2,1-2H3,(H,27,30);2*1H. The Hall–Kier alpha value is -1.65. The summed E-state index contributed by atoms with van der Waals surface area (Å²) in [7, 11) is 0. The molecule has 0 saturated heterocycles. The number of phenolic OH excluding ortho intramolecular Hbond substituents is 1. The molecule has 1 atom stereocenters. The van der Waals surface area contributed by atoms with Gasteiger partial charge in [-0.25, -0.2) is 0 Å². The van der Waals surface area contributed by atoms with Crippen molar-refractivity contribution in [2.75, 3.05) is 26.2 Å². The van der Waals surface area contributed by atoms with Crippen LogP contribution in [0.25, 0.3) is 10.2 Å². The Morgan fingerprint density at radius 2 is 1.85 bits per heavy atom. The van der Waals surface area contributed by atoms with Crippen LogP contribution in [0.3, 0.4) is 0 Å². The molecule has 0 aliphatic carbocycles. The number of hydrogen-bond donors (Lipinski definition) is 5. The number of rotatable bonds is 13. The summed E-state index contributed by atoms with van der Waals surface area (Å²) in [5.74, 6) is 0.0144. The molecule has 0 amide bonds. The van der Waals surface area contributed by atoms with E-state index < -0.39 is 6.10 Å². The largest absolute Gasteiger partial charge is 0.506 e. The van der Waals surface area contributed by atoms with Crippen LogP contribution in [0.15, 0.2) is 41.2 Å². The minimum atomic E-state index is -0.764. The third-order valence-corrected chi connectivity index (χ3v) is 6.08. The third-order valence-electron chi connectivity index (χ3n) is 5.14. The summed E-state index contributed by atoms with van der Waals surface area (Å²) in [6.45, 7) is 7.73. The maximum Gasteiger partial charge on any atom is 0.305 e. The molecule has 2 aromatic carbocycles. The molecule has 1 heterocycles. The normalized spacial score (nSPS) is 11.9. The van der Waals surface area contributed by atoms with Crippen molar-refractivity contribution in [1.29, 1.82) is 0 Å². The van der Waals surface area contributed by atoms with Crippen molar-refractivity contribution < 1.29 is 14.9 Å². The lowest BCUT2D eigenvalue weighted by Crippen LogP contribution is -2.24. The van der Waals surface area contributed by atoms with Gasteiger partial charge in [-0.1, -0.05) is 41.7 Å². The van der Waals surface area contributed by atoms with E-state index in [0.29, 0.717) is 22.3 Å². The number of thiazole rings is 1. The molecule has 0 radical (unpaired) electrons. The third kappa shape index (κ3) is 9.19. The van der Waals surface area contributed by atoms with Gasteiger partial charge in [-0.2, -0.15) is 0 Å². The SMILES string of the molecule is CC(C)OCCCNCc1cccc(CCNCC(O)c2ccc(O)c3[nH]c(=O)sc23)c1.Cl.Cl. The van der Waals surface area contributed by atoms with Crippen LogP contribution in [0.2, 0.25) is 0 Å². The van der Waals surface area contributed by atoms with E-state index in [-0.39, 0.29) is 41.5 Å². The molecule has 7 nitrogen and oxygen atoms in total. The minimum absolute atomic E-state index is 0. The highest BCUT2D eigenvalue weighted by molar-refractivity contribution is 7.16. The lowest BCUT2D eigenvalue weighted by Gasteiger charge is -2.14. The van der Waals surface area contributed by atoms with Gasteiger partial charge in [0.15, 0.2) is 0 Å². The summed E-state index contributed by atoms with van der Waals surface area (Å²) in [4.78, 5) is 14.0. The minimum Gasteiger partial charge on any atom is -0.506 e. The summed E-state index contributed by atoms with van der Waals surface area (Å²) in [6.07, 6.45) is 1.37. The predicted octanol–water partition coefficient (Wildman–Crippen LogP) is 3.91. The van der Waals surface area contributed by atoms with Gasteiger partial charge in [0.25, 0.3) is 0 Å². The number of ether oxygens (including phenoxy) is 1. The zero-order valence-corrected chi connectivity index (χ0v) is 22.0. The van der Waals surface area contributed by atoms with Gasteiger partial charge in [0.2, 0.25) is 0 Å². The Balaban J connectivity index is 0.00000289. The average Bonchev–Trinajstić information content (AvgIpc) is 3.16. The van der Waals surface area contributed by atoms with Gasteiger partial charge in [-0.15, -0.1) is 24.8 Å². The quantitative estimate of drug-likeness (QED) is 0.214. The van der Waals surface area contributed by atoms with E-state index in [1.165, 1.54) is 17.2 Å². The monoisotopic (exact) mass is 531 g/mol. The van der Waals surface area contributed by atoms with Gasteiger partial charge in [0, 0.05) is 25.3 Å². The van der Waals surface area contributed by atoms with E-state index in [1.54, 1.807) is 6.07 Å². The van der Waals surface area contributed by atoms with Gasteiger partial charge >= 0.3 is 4.87 Å². The first-order chi connectivity index (χ1) is 15.4. The Bertz CT molecular complexity index is 1060. The molecule has 1 unspecified atom stereocenters. The van der Waals surface area contributed by atoms with Crippen molar-refractivity contribution in [1.82, 2.24) is 15.6 Å². The molecule has 3 aromatic rings. The number of aliphatic hydroxyl groups excluding tert-OH is 1. The number of hydrogen-bond acceptors (Lipinski definition) is 7. The Kier molecular flexibility index (Phi) is 13.7. The Morgan fingerprint density at radius 3 is 2.62 bits per heavy atom. The van der Waals surface area contributed by atoms with Gasteiger partial charge in [0.05, 0.1) is 16.9 Å². The molecule has 0 fully saturated rings. The molecule has 0 saturated carbocycles. The lowest BCUT2D eigenvalue weighted by atomic mass is 10.1. The van der Waals surface area contributed by atoms with Crippen LogP contribution in [-0.4, -0.2) is 47.5 Å². The number of aromatic amines is 1. The molecule has 0 aliphatic heterocycles. The van der Waals surface area contributed by atoms with Crippen molar-refractivity contribution >= 4 is 46.4 Å². The van der Waals surface area contributed by atoms with Crippen LogP contribution in [0, 0.1) is 0 Å². The van der Waals surface area contributed by atoms with E-state index in [9.17, 15) is 15.0 Å². The smallest absolute Gasteiger partial charge is 0.305 e.